The second-order valence-corrected chi connectivity index (χ2v) is 9.47. The summed E-state index contributed by atoms with van der Waals surface area (Å²) in [4.78, 5) is 34.7. The van der Waals surface area contributed by atoms with E-state index in [-0.39, 0.29) is 22.2 Å². The molecular weight excluding hydrogens is 544 g/mol. The summed E-state index contributed by atoms with van der Waals surface area (Å²) in [6, 6.07) is 16.6. The number of carboxylic acids is 1. The first-order valence-electron chi connectivity index (χ1n) is 11.4. The van der Waals surface area contributed by atoms with Crippen LogP contribution in [0, 0.1) is 6.92 Å². The summed E-state index contributed by atoms with van der Waals surface area (Å²) >= 11 is 12.7. The molecule has 1 heterocycles. The fraction of sp³-hybridized carbons (Fsp3) is 0.296. The molecule has 204 valence electrons. The lowest BCUT2D eigenvalue weighted by Gasteiger charge is -2.27. The van der Waals surface area contributed by atoms with Crippen LogP contribution in [-0.4, -0.2) is 40.1 Å². The van der Waals surface area contributed by atoms with E-state index in [0.29, 0.717) is 30.2 Å². The lowest BCUT2D eigenvalue weighted by Crippen LogP contribution is -2.30. The Hall–Kier alpha value is -3.14. The van der Waals surface area contributed by atoms with Gasteiger partial charge in [0.25, 0.3) is 5.56 Å². The largest absolute Gasteiger partial charge is 0.478 e. The van der Waals surface area contributed by atoms with E-state index in [0.717, 1.165) is 5.56 Å². The summed E-state index contributed by atoms with van der Waals surface area (Å²) in [6.45, 7) is 5.03. The Kier molecular flexibility index (Phi) is 11.1. The van der Waals surface area contributed by atoms with E-state index in [1.165, 1.54) is 17.2 Å². The minimum atomic E-state index is -4.64. The molecule has 0 spiro atoms. The quantitative estimate of drug-likeness (QED) is 0.319. The van der Waals surface area contributed by atoms with Crippen molar-refractivity contribution in [1.82, 2.24) is 9.47 Å². The van der Waals surface area contributed by atoms with Gasteiger partial charge in [-0.3, -0.25) is 14.5 Å². The Bertz CT molecular complexity index is 1330. The van der Waals surface area contributed by atoms with Gasteiger partial charge in [-0.15, -0.1) is 0 Å². The van der Waals surface area contributed by atoms with E-state index in [1.807, 2.05) is 13.1 Å². The molecule has 0 aliphatic heterocycles. The number of rotatable bonds is 8. The van der Waals surface area contributed by atoms with Crippen molar-refractivity contribution < 1.29 is 27.9 Å². The highest BCUT2D eigenvalue weighted by atomic mass is 35.5. The highest BCUT2D eigenvalue weighted by Crippen LogP contribution is 2.25. The molecule has 3 aromatic rings. The van der Waals surface area contributed by atoms with Gasteiger partial charge in [0.1, 0.15) is 5.02 Å². The van der Waals surface area contributed by atoms with Crippen molar-refractivity contribution in [2.24, 2.45) is 0 Å². The third-order valence-electron chi connectivity index (χ3n) is 5.85. The van der Waals surface area contributed by atoms with Crippen LogP contribution in [0.4, 0.5) is 13.2 Å². The molecule has 1 N–H and O–H groups in total. The van der Waals surface area contributed by atoms with Crippen LogP contribution < -0.4 is 5.56 Å². The molecule has 11 heteroatoms. The van der Waals surface area contributed by atoms with E-state index >= 15 is 0 Å². The van der Waals surface area contributed by atoms with E-state index < -0.39 is 18.4 Å². The van der Waals surface area contributed by atoms with Crippen LogP contribution in [0.1, 0.15) is 45.7 Å². The van der Waals surface area contributed by atoms with Crippen LogP contribution in [0.3, 0.4) is 0 Å². The summed E-state index contributed by atoms with van der Waals surface area (Å²) in [5.74, 6) is -0.970. The van der Waals surface area contributed by atoms with Crippen LogP contribution in [0.2, 0.25) is 10.0 Å². The van der Waals surface area contributed by atoms with Crippen molar-refractivity contribution in [2.75, 3.05) is 7.05 Å². The molecule has 1 atom stereocenters. The molecule has 0 fully saturated rings. The van der Waals surface area contributed by atoms with Crippen LogP contribution in [0.25, 0.3) is 0 Å². The van der Waals surface area contributed by atoms with Crippen LogP contribution in [0.15, 0.2) is 59.4 Å². The monoisotopic (exact) mass is 570 g/mol. The van der Waals surface area contributed by atoms with Crippen molar-refractivity contribution in [3.05, 3.63) is 103 Å². The maximum absolute atomic E-state index is 12.8. The topological polar surface area (TPSA) is 79.6 Å². The summed E-state index contributed by atoms with van der Waals surface area (Å²) in [6.07, 6.45) is -5.16. The first-order valence-corrected chi connectivity index (χ1v) is 12.2. The number of alkyl halides is 3. The van der Waals surface area contributed by atoms with Gasteiger partial charge in [-0.25, -0.2) is 4.79 Å². The smallest absolute Gasteiger partial charge is 0.446 e. The van der Waals surface area contributed by atoms with Crippen LogP contribution in [-0.2, 0) is 24.3 Å². The molecule has 3 rings (SSSR count). The molecule has 1 unspecified atom stereocenters. The van der Waals surface area contributed by atoms with Gasteiger partial charge in [-0.1, -0.05) is 65.2 Å². The summed E-state index contributed by atoms with van der Waals surface area (Å²) in [5.41, 5.74) is 3.94. The number of aromatic carboxylic acids is 1. The summed E-state index contributed by atoms with van der Waals surface area (Å²) in [7, 11) is 2.00. The van der Waals surface area contributed by atoms with Gasteiger partial charge in [-0.05, 0) is 56.6 Å². The number of aromatic nitrogens is 1. The Labute approximate surface area is 228 Å². The molecule has 0 radical (unpaired) electrons. The number of nitrogens with zero attached hydrogens (tertiary/aromatic N) is 2. The zero-order valence-electron chi connectivity index (χ0n) is 20.9. The van der Waals surface area contributed by atoms with Crippen molar-refractivity contribution in [1.29, 1.82) is 0 Å². The van der Waals surface area contributed by atoms with Gasteiger partial charge < -0.3 is 9.67 Å². The molecule has 2 aromatic carbocycles. The Morgan fingerprint density at radius 2 is 1.71 bits per heavy atom. The fourth-order valence-electron chi connectivity index (χ4n) is 3.65. The zero-order valence-corrected chi connectivity index (χ0v) is 22.4. The van der Waals surface area contributed by atoms with Gasteiger partial charge in [0.15, 0.2) is 0 Å². The number of hydrogen-bond acceptors (Lipinski definition) is 4. The highest BCUT2D eigenvalue weighted by molar-refractivity contribution is 6.34. The lowest BCUT2D eigenvalue weighted by atomic mass is 10.0. The first-order chi connectivity index (χ1) is 17.7. The van der Waals surface area contributed by atoms with Gasteiger partial charge in [-0.2, -0.15) is 13.2 Å². The first kappa shape index (κ1) is 31.1. The molecular formula is C27H27Cl2F3N2O4. The number of halogens is 5. The predicted octanol–water partition coefficient (Wildman–Crippen LogP) is 6.35. The maximum atomic E-state index is 12.8. The SMILES string of the molecule is Cc1cccc(C(C)N(C)Cc2c(Cl)cc(Cl)c(=O)n2CCc2ccc(C(=O)O)cc2)c1.O=CC(F)(F)F. The standard InChI is InChI=1S/C25H26Cl2N2O3.C2HF3O/c1-16-5-4-6-20(13-16)17(2)28(3)15-23-21(26)14-22(27)24(30)29(23)12-11-18-7-9-19(10-8-18)25(31)32;3-2(4,5)1-6/h4-10,13-14,17H,11-12,15H2,1-3H3,(H,31,32);1H. The number of benzene rings is 2. The van der Waals surface area contributed by atoms with Crippen molar-refractivity contribution in [3.8, 4) is 0 Å². The second-order valence-electron chi connectivity index (χ2n) is 8.66. The molecule has 38 heavy (non-hydrogen) atoms. The van der Waals surface area contributed by atoms with Gasteiger partial charge >= 0.3 is 12.1 Å². The molecule has 1 aromatic heterocycles. The third kappa shape index (κ3) is 9.01. The molecule has 0 aliphatic rings. The Morgan fingerprint density at radius 1 is 1.11 bits per heavy atom. The molecule has 0 saturated carbocycles. The number of pyridine rings is 1. The number of aryl methyl sites for hydroxylation is 2. The third-order valence-corrected chi connectivity index (χ3v) is 6.45. The van der Waals surface area contributed by atoms with Crippen LogP contribution >= 0.6 is 23.2 Å². The zero-order chi connectivity index (χ0) is 28.6. The predicted molar refractivity (Wildman–Crippen MR) is 141 cm³/mol. The van der Waals surface area contributed by atoms with Crippen molar-refractivity contribution in [3.63, 3.8) is 0 Å². The molecule has 0 aliphatic carbocycles. The Balaban J connectivity index is 0.000000757. The number of hydrogen-bond donors (Lipinski definition) is 1. The number of aldehydes is 1. The average Bonchev–Trinajstić information content (AvgIpc) is 2.86. The molecule has 0 amide bonds. The normalized spacial score (nSPS) is 12.0. The minimum absolute atomic E-state index is 0.0781. The van der Waals surface area contributed by atoms with E-state index in [2.05, 4.69) is 36.9 Å². The maximum Gasteiger partial charge on any atom is 0.446 e. The lowest BCUT2D eigenvalue weighted by molar-refractivity contribution is -0.156. The number of carboxylic acid groups (broad SMARTS) is 1. The number of carbonyl (C=O) groups excluding carboxylic acids is 1. The fourth-order valence-corrected chi connectivity index (χ4v) is 4.18. The highest BCUT2D eigenvalue weighted by Gasteiger charge is 2.25. The summed E-state index contributed by atoms with van der Waals surface area (Å²) < 4.78 is 32.9. The van der Waals surface area contributed by atoms with E-state index in [9.17, 15) is 22.8 Å². The van der Waals surface area contributed by atoms with Gasteiger partial charge in [0.2, 0.25) is 6.29 Å². The van der Waals surface area contributed by atoms with Gasteiger partial charge in [0.05, 0.1) is 16.3 Å². The van der Waals surface area contributed by atoms with E-state index in [4.69, 9.17) is 33.1 Å². The van der Waals surface area contributed by atoms with Crippen LogP contribution in [0.5, 0.6) is 0 Å². The minimum Gasteiger partial charge on any atom is -0.478 e. The van der Waals surface area contributed by atoms with Crippen molar-refractivity contribution in [2.45, 2.75) is 45.6 Å². The average molecular weight is 571 g/mol. The number of carbonyl (C=O) groups is 2. The van der Waals surface area contributed by atoms with Crippen molar-refractivity contribution >= 4 is 35.5 Å². The molecule has 6 nitrogen and oxygen atoms in total. The molecule has 0 bridgehead atoms. The molecule has 0 saturated heterocycles. The van der Waals surface area contributed by atoms with Gasteiger partial charge in [0, 0.05) is 19.1 Å². The summed E-state index contributed by atoms with van der Waals surface area (Å²) in [5, 5.41) is 9.59. The Morgan fingerprint density at radius 3 is 2.24 bits per heavy atom. The van der Waals surface area contributed by atoms with E-state index in [1.54, 1.807) is 28.8 Å². The second kappa shape index (κ2) is 13.6.